The molecule has 1 aliphatic heterocycles. The quantitative estimate of drug-likeness (QED) is 0.804. The fourth-order valence-corrected chi connectivity index (χ4v) is 3.47. The molecule has 8 heteroatoms. The number of nitrogens with one attached hydrogen (secondary N) is 1. The third-order valence-electron chi connectivity index (χ3n) is 4.88. The van der Waals surface area contributed by atoms with Crippen molar-refractivity contribution in [2.75, 3.05) is 32.7 Å². The minimum Gasteiger partial charge on any atom is -0.353 e. The number of piperazine rings is 1. The molecule has 3 rings (SSSR count). The Bertz CT molecular complexity index is 929. The molecule has 1 aromatic carbocycles. The van der Waals surface area contributed by atoms with Crippen molar-refractivity contribution < 1.29 is 9.59 Å². The van der Waals surface area contributed by atoms with E-state index in [1.165, 1.54) is 4.68 Å². The van der Waals surface area contributed by atoms with Gasteiger partial charge in [0, 0.05) is 37.6 Å². The summed E-state index contributed by atoms with van der Waals surface area (Å²) in [4.78, 5) is 40.9. The Morgan fingerprint density at radius 1 is 1.07 bits per heavy atom. The van der Waals surface area contributed by atoms with Crippen molar-refractivity contribution in [1.29, 1.82) is 0 Å². The van der Waals surface area contributed by atoms with Crippen molar-refractivity contribution in [2.24, 2.45) is 0 Å². The number of hydrogen-bond donors (Lipinski definition) is 1. The predicted octanol–water partition coefficient (Wildman–Crippen LogP) is 0.374. The van der Waals surface area contributed by atoms with Gasteiger partial charge in [-0.3, -0.25) is 19.3 Å². The lowest BCUT2D eigenvalue weighted by Gasteiger charge is -2.34. The van der Waals surface area contributed by atoms with Gasteiger partial charge in [0.25, 0.3) is 5.56 Å². The second-order valence-electron chi connectivity index (χ2n) is 7.47. The summed E-state index contributed by atoms with van der Waals surface area (Å²) in [5, 5.41) is 8.57. The van der Waals surface area contributed by atoms with Crippen molar-refractivity contribution in [3.63, 3.8) is 0 Å². The molecule has 2 heterocycles. The maximum absolute atomic E-state index is 12.7. The summed E-state index contributed by atoms with van der Waals surface area (Å²) in [5.41, 5.74) is 0.475. The van der Waals surface area contributed by atoms with Crippen LogP contribution in [0.25, 0.3) is 10.8 Å². The van der Waals surface area contributed by atoms with Crippen molar-refractivity contribution in [1.82, 2.24) is 24.9 Å². The highest BCUT2D eigenvalue weighted by atomic mass is 16.2. The molecule has 28 heavy (non-hydrogen) atoms. The van der Waals surface area contributed by atoms with Crippen LogP contribution in [-0.4, -0.2) is 70.2 Å². The van der Waals surface area contributed by atoms with Gasteiger partial charge in [-0.1, -0.05) is 18.2 Å². The highest BCUT2D eigenvalue weighted by Gasteiger charge is 2.23. The third kappa shape index (κ3) is 4.56. The first-order valence-corrected chi connectivity index (χ1v) is 9.61. The number of carbonyl (C=O) groups excluding carboxylic acids is 2. The number of aryl methyl sites for hydroxylation is 1. The van der Waals surface area contributed by atoms with E-state index in [2.05, 4.69) is 10.4 Å². The zero-order chi connectivity index (χ0) is 20.3. The number of nitrogens with zero attached hydrogens (tertiary/aromatic N) is 4. The number of amides is 2. The summed E-state index contributed by atoms with van der Waals surface area (Å²) in [5.74, 6) is -0.132. The van der Waals surface area contributed by atoms with Crippen LogP contribution in [0.3, 0.4) is 0 Å². The molecule has 2 amide bonds. The molecular weight excluding hydrogens is 358 g/mol. The summed E-state index contributed by atoms with van der Waals surface area (Å²) in [6.07, 6.45) is 0. The van der Waals surface area contributed by atoms with Crippen LogP contribution in [0.1, 0.15) is 19.5 Å². The fourth-order valence-electron chi connectivity index (χ4n) is 3.47. The van der Waals surface area contributed by atoms with Crippen LogP contribution in [0.5, 0.6) is 0 Å². The van der Waals surface area contributed by atoms with Crippen molar-refractivity contribution >= 4 is 22.6 Å². The van der Waals surface area contributed by atoms with E-state index in [0.29, 0.717) is 38.1 Å². The van der Waals surface area contributed by atoms with Crippen LogP contribution in [0, 0.1) is 6.92 Å². The number of fused-ring (bicyclic) bond motifs is 1. The van der Waals surface area contributed by atoms with Crippen LogP contribution in [-0.2, 0) is 16.1 Å². The largest absolute Gasteiger partial charge is 0.353 e. The van der Waals surface area contributed by atoms with E-state index in [1.807, 2.05) is 43.9 Å². The molecule has 0 spiro atoms. The molecule has 0 unspecified atom stereocenters. The summed E-state index contributed by atoms with van der Waals surface area (Å²) < 4.78 is 1.25. The van der Waals surface area contributed by atoms with Crippen molar-refractivity contribution in [3.8, 4) is 0 Å². The van der Waals surface area contributed by atoms with Crippen LogP contribution >= 0.6 is 0 Å². The van der Waals surface area contributed by atoms with Gasteiger partial charge in [-0.05, 0) is 26.8 Å². The normalized spacial score (nSPS) is 15.2. The van der Waals surface area contributed by atoms with E-state index in [9.17, 15) is 14.4 Å². The van der Waals surface area contributed by atoms with Crippen LogP contribution in [0.4, 0.5) is 0 Å². The van der Waals surface area contributed by atoms with E-state index in [4.69, 9.17) is 0 Å². The summed E-state index contributed by atoms with van der Waals surface area (Å²) in [7, 11) is 0. The number of aromatic nitrogens is 2. The SMILES string of the molecule is Cc1nn(CC(=O)N2CCN(CC(=O)NC(C)C)CC2)c(=O)c2ccccc12. The molecule has 1 aromatic heterocycles. The molecule has 2 aromatic rings. The molecule has 1 N–H and O–H groups in total. The topological polar surface area (TPSA) is 87.5 Å². The van der Waals surface area contributed by atoms with Gasteiger partial charge in [0.1, 0.15) is 6.54 Å². The lowest BCUT2D eigenvalue weighted by atomic mass is 10.1. The van der Waals surface area contributed by atoms with Gasteiger partial charge in [-0.15, -0.1) is 0 Å². The molecule has 0 bridgehead atoms. The van der Waals surface area contributed by atoms with E-state index in [0.717, 1.165) is 11.1 Å². The van der Waals surface area contributed by atoms with Crippen molar-refractivity contribution in [2.45, 2.75) is 33.4 Å². The van der Waals surface area contributed by atoms with E-state index >= 15 is 0 Å². The van der Waals surface area contributed by atoms with E-state index in [-0.39, 0.29) is 30.0 Å². The molecule has 1 saturated heterocycles. The van der Waals surface area contributed by atoms with Gasteiger partial charge in [0.2, 0.25) is 11.8 Å². The summed E-state index contributed by atoms with van der Waals surface area (Å²) >= 11 is 0. The Morgan fingerprint density at radius 3 is 2.36 bits per heavy atom. The average Bonchev–Trinajstić information content (AvgIpc) is 2.65. The zero-order valence-corrected chi connectivity index (χ0v) is 16.6. The average molecular weight is 385 g/mol. The molecule has 1 fully saturated rings. The summed E-state index contributed by atoms with van der Waals surface area (Å²) in [6, 6.07) is 7.41. The fraction of sp³-hybridized carbons (Fsp3) is 0.500. The maximum Gasteiger partial charge on any atom is 0.275 e. The van der Waals surface area contributed by atoms with Crippen LogP contribution in [0.15, 0.2) is 29.1 Å². The Labute approximate surface area is 164 Å². The number of rotatable bonds is 5. The Balaban J connectivity index is 1.61. The standard InChI is InChI=1S/C20H27N5O3/c1-14(2)21-18(26)12-23-8-10-24(11-9-23)19(27)13-25-20(28)17-7-5-4-6-16(17)15(3)22-25/h4-7,14H,8-13H2,1-3H3,(H,21,26). The van der Waals surface area contributed by atoms with Gasteiger partial charge in [-0.25, -0.2) is 4.68 Å². The Hall–Kier alpha value is -2.74. The molecule has 0 saturated carbocycles. The van der Waals surface area contributed by atoms with Gasteiger partial charge < -0.3 is 10.2 Å². The Kier molecular flexibility index (Phi) is 6.08. The maximum atomic E-state index is 12.7. The first-order chi connectivity index (χ1) is 13.3. The second kappa shape index (κ2) is 8.52. The molecule has 0 atom stereocenters. The third-order valence-corrected chi connectivity index (χ3v) is 4.88. The first-order valence-electron chi connectivity index (χ1n) is 9.61. The monoisotopic (exact) mass is 385 g/mol. The molecule has 150 valence electrons. The lowest BCUT2D eigenvalue weighted by Crippen LogP contribution is -2.52. The smallest absolute Gasteiger partial charge is 0.275 e. The van der Waals surface area contributed by atoms with Gasteiger partial charge in [-0.2, -0.15) is 5.10 Å². The van der Waals surface area contributed by atoms with Gasteiger partial charge in [0.05, 0.1) is 17.6 Å². The first kappa shape index (κ1) is 20.0. The minimum absolute atomic E-state index is 0.00262. The van der Waals surface area contributed by atoms with Crippen LogP contribution in [0.2, 0.25) is 0 Å². The molecule has 0 aliphatic carbocycles. The molecular formula is C20H27N5O3. The van der Waals surface area contributed by atoms with E-state index < -0.39 is 0 Å². The second-order valence-corrected chi connectivity index (χ2v) is 7.47. The van der Waals surface area contributed by atoms with Gasteiger partial charge >= 0.3 is 0 Å². The van der Waals surface area contributed by atoms with Crippen LogP contribution < -0.4 is 10.9 Å². The summed E-state index contributed by atoms with van der Waals surface area (Å²) in [6.45, 7) is 8.31. The molecule has 1 aliphatic rings. The number of carbonyl (C=O) groups is 2. The molecule has 8 nitrogen and oxygen atoms in total. The Morgan fingerprint density at radius 2 is 1.71 bits per heavy atom. The van der Waals surface area contributed by atoms with Crippen molar-refractivity contribution in [3.05, 3.63) is 40.3 Å². The number of benzene rings is 1. The highest BCUT2D eigenvalue weighted by molar-refractivity contribution is 5.83. The highest BCUT2D eigenvalue weighted by Crippen LogP contribution is 2.12. The predicted molar refractivity (Wildman–Crippen MR) is 107 cm³/mol. The lowest BCUT2D eigenvalue weighted by molar-refractivity contribution is -0.134. The van der Waals surface area contributed by atoms with Gasteiger partial charge in [0.15, 0.2) is 0 Å². The zero-order valence-electron chi connectivity index (χ0n) is 16.6. The number of hydrogen-bond acceptors (Lipinski definition) is 5. The minimum atomic E-state index is -0.251. The molecule has 0 radical (unpaired) electrons. The van der Waals surface area contributed by atoms with E-state index in [1.54, 1.807) is 11.0 Å².